The molecule has 0 unspecified atom stereocenters. The number of rotatable bonds is 8. The largest absolute Gasteiger partial charge is 0.457 e. The first kappa shape index (κ1) is 44.7. The standard InChI is InChI=1S/C63H64N4O/c1-60(2,3)45-34-46(61(4,5)6)36-48(35-45)66-41-65(56-26-17-18-27-57(56)66)47-22-19-23-49(37-47)68-50-32-33-52-51-24-15-16-25-55(51)67(58(52)38-50)59-39-54(62(7,8)9)53(40-64-59)42-28-30-44(31-29-42)63(10,11)43-20-13-12-14-21-43/h12-40H,41H2,1-11H3. The van der Waals surface area contributed by atoms with Gasteiger partial charge in [0.1, 0.15) is 24.0 Å². The molecule has 0 saturated heterocycles. The third kappa shape index (κ3) is 8.23. The smallest absolute Gasteiger partial charge is 0.137 e. The molecule has 3 heterocycles. The van der Waals surface area contributed by atoms with Crippen LogP contribution in [0.25, 0.3) is 38.8 Å². The molecule has 10 rings (SSSR count). The summed E-state index contributed by atoms with van der Waals surface area (Å²) in [6.45, 7) is 26.0. The van der Waals surface area contributed by atoms with Gasteiger partial charge in [-0.2, -0.15) is 0 Å². The van der Waals surface area contributed by atoms with Crippen LogP contribution in [0, 0.1) is 0 Å². The number of hydrogen-bond acceptors (Lipinski definition) is 4. The summed E-state index contributed by atoms with van der Waals surface area (Å²) < 4.78 is 9.12. The Bertz CT molecular complexity index is 3290. The monoisotopic (exact) mass is 893 g/mol. The Hall–Kier alpha value is -7.11. The summed E-state index contributed by atoms with van der Waals surface area (Å²) in [5.41, 5.74) is 15.4. The minimum atomic E-state index is -0.147. The van der Waals surface area contributed by atoms with Crippen molar-refractivity contribution in [2.75, 3.05) is 16.5 Å². The molecule has 7 aromatic carbocycles. The highest BCUT2D eigenvalue weighted by Gasteiger charge is 2.31. The molecular weight excluding hydrogens is 829 g/mol. The van der Waals surface area contributed by atoms with Crippen molar-refractivity contribution in [3.63, 3.8) is 0 Å². The third-order valence-corrected chi connectivity index (χ3v) is 14.1. The highest BCUT2D eigenvalue weighted by molar-refractivity contribution is 6.09. The van der Waals surface area contributed by atoms with Gasteiger partial charge in [-0.1, -0.05) is 173 Å². The molecule has 68 heavy (non-hydrogen) atoms. The molecule has 5 heteroatoms. The van der Waals surface area contributed by atoms with E-state index in [4.69, 9.17) is 9.72 Å². The molecule has 1 aliphatic rings. The van der Waals surface area contributed by atoms with E-state index in [9.17, 15) is 0 Å². The predicted molar refractivity (Wildman–Crippen MR) is 287 cm³/mol. The summed E-state index contributed by atoms with van der Waals surface area (Å²) in [5, 5.41) is 2.33. The number of ether oxygens (including phenoxy) is 1. The van der Waals surface area contributed by atoms with Crippen LogP contribution in [0.2, 0.25) is 0 Å². The van der Waals surface area contributed by atoms with Crippen molar-refractivity contribution in [1.29, 1.82) is 0 Å². The summed E-state index contributed by atoms with van der Waals surface area (Å²) in [6.07, 6.45) is 2.07. The second kappa shape index (κ2) is 16.6. The molecule has 0 radical (unpaired) electrons. The van der Waals surface area contributed by atoms with E-state index in [1.807, 2.05) is 0 Å². The molecule has 0 atom stereocenters. The topological polar surface area (TPSA) is 33.5 Å². The zero-order valence-electron chi connectivity index (χ0n) is 41.6. The van der Waals surface area contributed by atoms with Crippen molar-refractivity contribution in [2.24, 2.45) is 0 Å². The summed E-state index contributed by atoms with van der Waals surface area (Å²) in [4.78, 5) is 10.1. The molecule has 0 spiro atoms. The molecule has 0 fully saturated rings. The van der Waals surface area contributed by atoms with Crippen LogP contribution in [0.5, 0.6) is 11.5 Å². The molecule has 2 aromatic heterocycles. The zero-order chi connectivity index (χ0) is 47.8. The number of aromatic nitrogens is 2. The lowest BCUT2D eigenvalue weighted by Gasteiger charge is -2.29. The Morgan fingerprint density at radius 1 is 0.441 bits per heavy atom. The van der Waals surface area contributed by atoms with Crippen LogP contribution in [0.3, 0.4) is 0 Å². The van der Waals surface area contributed by atoms with Crippen molar-refractivity contribution in [2.45, 2.75) is 97.8 Å². The second-order valence-corrected chi connectivity index (χ2v) is 22.3. The second-order valence-electron chi connectivity index (χ2n) is 22.3. The van der Waals surface area contributed by atoms with E-state index < -0.39 is 0 Å². The third-order valence-electron chi connectivity index (χ3n) is 14.1. The maximum atomic E-state index is 6.82. The Kier molecular flexibility index (Phi) is 10.9. The number of nitrogens with zero attached hydrogens (tertiary/aromatic N) is 4. The van der Waals surface area contributed by atoms with E-state index in [1.54, 1.807) is 0 Å². The maximum Gasteiger partial charge on any atom is 0.137 e. The quantitative estimate of drug-likeness (QED) is 0.152. The van der Waals surface area contributed by atoms with Crippen LogP contribution in [0.1, 0.15) is 104 Å². The number of benzene rings is 7. The van der Waals surface area contributed by atoms with E-state index in [0.29, 0.717) is 6.67 Å². The fourth-order valence-corrected chi connectivity index (χ4v) is 9.91. The van der Waals surface area contributed by atoms with Gasteiger partial charge in [0.05, 0.1) is 22.4 Å². The van der Waals surface area contributed by atoms with Gasteiger partial charge in [-0.05, 0) is 110 Å². The van der Waals surface area contributed by atoms with Crippen LogP contribution < -0.4 is 14.5 Å². The summed E-state index contributed by atoms with van der Waals surface area (Å²) >= 11 is 0. The summed E-state index contributed by atoms with van der Waals surface area (Å²) in [7, 11) is 0. The molecule has 0 N–H and O–H groups in total. The Morgan fingerprint density at radius 3 is 1.69 bits per heavy atom. The highest BCUT2D eigenvalue weighted by Crippen LogP contribution is 2.47. The first-order chi connectivity index (χ1) is 32.3. The van der Waals surface area contributed by atoms with Crippen LogP contribution in [-0.4, -0.2) is 16.2 Å². The highest BCUT2D eigenvalue weighted by atomic mass is 16.5. The average Bonchev–Trinajstić information content (AvgIpc) is 3.87. The normalized spacial score (nSPS) is 13.4. The van der Waals surface area contributed by atoms with Crippen LogP contribution >= 0.6 is 0 Å². The van der Waals surface area contributed by atoms with E-state index in [1.165, 1.54) is 50.3 Å². The Balaban J connectivity index is 0.988. The zero-order valence-corrected chi connectivity index (χ0v) is 41.6. The summed E-state index contributed by atoms with van der Waals surface area (Å²) in [6, 6.07) is 61.6. The number of pyridine rings is 1. The van der Waals surface area contributed by atoms with E-state index >= 15 is 0 Å². The fourth-order valence-electron chi connectivity index (χ4n) is 9.91. The van der Waals surface area contributed by atoms with E-state index in [-0.39, 0.29) is 21.7 Å². The minimum absolute atomic E-state index is 0.0170. The summed E-state index contributed by atoms with van der Waals surface area (Å²) in [5.74, 6) is 2.42. The van der Waals surface area contributed by atoms with Gasteiger partial charge in [0.15, 0.2) is 0 Å². The van der Waals surface area contributed by atoms with Crippen molar-refractivity contribution < 1.29 is 4.74 Å². The van der Waals surface area contributed by atoms with Gasteiger partial charge in [-0.15, -0.1) is 0 Å². The molecule has 0 amide bonds. The maximum absolute atomic E-state index is 6.82. The Labute approximate surface area is 403 Å². The molecule has 5 nitrogen and oxygen atoms in total. The number of para-hydroxylation sites is 3. The van der Waals surface area contributed by atoms with Gasteiger partial charge in [-0.25, -0.2) is 4.98 Å². The molecule has 0 aliphatic carbocycles. The van der Waals surface area contributed by atoms with E-state index in [2.05, 4.69) is 267 Å². The van der Waals surface area contributed by atoms with Crippen LogP contribution in [0.4, 0.5) is 22.7 Å². The van der Waals surface area contributed by atoms with Crippen molar-refractivity contribution in [3.05, 3.63) is 204 Å². The first-order valence-electron chi connectivity index (χ1n) is 24.1. The van der Waals surface area contributed by atoms with Gasteiger partial charge in [-0.3, -0.25) is 4.57 Å². The molecular formula is C63H64N4O. The first-order valence-corrected chi connectivity index (χ1v) is 24.1. The molecule has 1 aliphatic heterocycles. The van der Waals surface area contributed by atoms with E-state index in [0.717, 1.165) is 50.6 Å². The number of fused-ring (bicyclic) bond motifs is 4. The average molecular weight is 893 g/mol. The van der Waals surface area contributed by atoms with Crippen molar-refractivity contribution in [1.82, 2.24) is 9.55 Å². The molecule has 9 aromatic rings. The van der Waals surface area contributed by atoms with Gasteiger partial charge >= 0.3 is 0 Å². The van der Waals surface area contributed by atoms with Crippen molar-refractivity contribution in [3.8, 4) is 28.4 Å². The van der Waals surface area contributed by atoms with Crippen molar-refractivity contribution >= 4 is 44.6 Å². The van der Waals surface area contributed by atoms with Gasteiger partial charge in [0.25, 0.3) is 0 Å². The predicted octanol–water partition coefficient (Wildman–Crippen LogP) is 17.1. The van der Waals surface area contributed by atoms with Crippen LogP contribution in [-0.2, 0) is 21.7 Å². The lowest BCUT2D eigenvalue weighted by Crippen LogP contribution is -2.25. The lowest BCUT2D eigenvalue weighted by atomic mass is 9.77. The molecule has 0 saturated carbocycles. The Morgan fingerprint density at radius 2 is 1.03 bits per heavy atom. The SMILES string of the molecule is CC(C)(C)c1cc(N2CN(c3cccc(Oc4ccc5c6ccccc6n(-c6cc(C(C)(C)C)c(-c7ccc(C(C)(C)c8ccccc8)cc7)cn6)c5c4)c3)c3ccccc32)cc(C(C)(C)C)c1. The fraction of sp³-hybridized carbons (Fsp3) is 0.254. The number of anilines is 4. The lowest BCUT2D eigenvalue weighted by molar-refractivity contribution is 0.483. The minimum Gasteiger partial charge on any atom is -0.457 e. The molecule has 0 bridgehead atoms. The van der Waals surface area contributed by atoms with Gasteiger partial charge in [0.2, 0.25) is 0 Å². The van der Waals surface area contributed by atoms with Crippen LogP contribution in [0.15, 0.2) is 176 Å². The number of hydrogen-bond donors (Lipinski definition) is 0. The van der Waals surface area contributed by atoms with Gasteiger partial charge < -0.3 is 14.5 Å². The molecule has 342 valence electrons. The van der Waals surface area contributed by atoms with Gasteiger partial charge in [0, 0.05) is 51.5 Å².